The lowest BCUT2D eigenvalue weighted by Gasteiger charge is -2.25. The number of rotatable bonds is 9. The van der Waals surface area contributed by atoms with Gasteiger partial charge >= 0.3 is 0 Å². The van der Waals surface area contributed by atoms with Crippen molar-refractivity contribution < 1.29 is 27.6 Å². The van der Waals surface area contributed by atoms with Gasteiger partial charge in [0, 0.05) is 17.7 Å². The van der Waals surface area contributed by atoms with Crippen molar-refractivity contribution in [2.75, 3.05) is 31.3 Å². The molecule has 0 heterocycles. The number of nitro benzene ring substituents is 1. The smallest absolute Gasteiger partial charge is 0.271 e. The molecule has 0 fully saturated rings. The fraction of sp³-hybridized carbons (Fsp3) is 0.350. The minimum atomic E-state index is -3.90. The molecule has 2 aromatic carbocycles. The fourth-order valence-corrected chi connectivity index (χ4v) is 3.94. The number of nitrogens with zero attached hydrogens (tertiary/aromatic N) is 2. The monoisotopic (exact) mass is 451 g/mol. The van der Waals surface area contributed by atoms with Gasteiger partial charge in [0.05, 0.1) is 37.1 Å². The number of carbonyl (C=O) groups excluding carboxylic acids is 1. The van der Waals surface area contributed by atoms with Crippen molar-refractivity contribution in [1.82, 2.24) is 5.32 Å². The first-order chi connectivity index (χ1) is 14.5. The minimum absolute atomic E-state index is 0.0680. The summed E-state index contributed by atoms with van der Waals surface area (Å²) >= 11 is 0. The zero-order valence-corrected chi connectivity index (χ0v) is 18.7. The van der Waals surface area contributed by atoms with Gasteiger partial charge in [-0.25, -0.2) is 8.42 Å². The molecule has 0 unspecified atom stereocenters. The molecule has 0 saturated carbocycles. The fourth-order valence-electron chi connectivity index (χ4n) is 3.03. The normalized spacial score (nSPS) is 12.0. The van der Waals surface area contributed by atoms with E-state index in [1.807, 2.05) is 0 Å². The predicted molar refractivity (Wildman–Crippen MR) is 116 cm³/mol. The summed E-state index contributed by atoms with van der Waals surface area (Å²) in [6, 6.07) is 8.45. The Morgan fingerprint density at radius 2 is 1.87 bits per heavy atom. The second-order valence-electron chi connectivity index (χ2n) is 6.89. The van der Waals surface area contributed by atoms with Crippen LogP contribution in [0.2, 0.25) is 0 Å². The third-order valence-electron chi connectivity index (χ3n) is 4.64. The maximum Gasteiger partial charge on any atom is 0.271 e. The molecule has 11 heteroatoms. The van der Waals surface area contributed by atoms with E-state index < -0.39 is 33.4 Å². The van der Waals surface area contributed by atoms with E-state index >= 15 is 0 Å². The SMILES string of the molecule is COc1ccc(OC)c([C@@H](C)NC(=O)CN(c2cc([N+](=O)[O-])ccc2C)S(C)(=O)=O)c1. The first-order valence-corrected chi connectivity index (χ1v) is 11.1. The van der Waals surface area contributed by atoms with Crippen LogP contribution in [0.15, 0.2) is 36.4 Å². The van der Waals surface area contributed by atoms with Crippen molar-refractivity contribution >= 4 is 27.3 Å². The molecule has 31 heavy (non-hydrogen) atoms. The quantitative estimate of drug-likeness (QED) is 0.458. The van der Waals surface area contributed by atoms with Gasteiger partial charge in [0.25, 0.3) is 5.69 Å². The molecule has 0 spiro atoms. The van der Waals surface area contributed by atoms with Gasteiger partial charge in [-0.1, -0.05) is 6.07 Å². The number of hydrogen-bond acceptors (Lipinski definition) is 7. The highest BCUT2D eigenvalue weighted by atomic mass is 32.2. The molecule has 0 aliphatic heterocycles. The highest BCUT2D eigenvalue weighted by Crippen LogP contribution is 2.30. The summed E-state index contributed by atoms with van der Waals surface area (Å²) in [5.41, 5.74) is 0.918. The maximum atomic E-state index is 12.7. The number of non-ortho nitro benzene ring substituents is 1. The van der Waals surface area contributed by atoms with Crippen LogP contribution >= 0.6 is 0 Å². The van der Waals surface area contributed by atoms with Crippen LogP contribution in [-0.2, 0) is 14.8 Å². The Morgan fingerprint density at radius 3 is 2.42 bits per heavy atom. The Balaban J connectivity index is 2.31. The van der Waals surface area contributed by atoms with Crippen LogP contribution in [-0.4, -0.2) is 46.3 Å². The van der Waals surface area contributed by atoms with Gasteiger partial charge in [0.15, 0.2) is 0 Å². The highest BCUT2D eigenvalue weighted by molar-refractivity contribution is 7.92. The van der Waals surface area contributed by atoms with Crippen molar-refractivity contribution in [3.8, 4) is 11.5 Å². The van der Waals surface area contributed by atoms with Crippen LogP contribution in [0.1, 0.15) is 24.1 Å². The van der Waals surface area contributed by atoms with E-state index in [1.54, 1.807) is 32.0 Å². The van der Waals surface area contributed by atoms with Gasteiger partial charge in [0.2, 0.25) is 15.9 Å². The molecule has 0 saturated heterocycles. The number of ether oxygens (including phenoxy) is 2. The van der Waals surface area contributed by atoms with E-state index in [-0.39, 0.29) is 11.4 Å². The molecular weight excluding hydrogens is 426 g/mol. The second kappa shape index (κ2) is 9.65. The number of sulfonamides is 1. The molecule has 1 N–H and O–H groups in total. The largest absolute Gasteiger partial charge is 0.497 e. The number of aryl methyl sites for hydroxylation is 1. The third-order valence-corrected chi connectivity index (χ3v) is 5.77. The van der Waals surface area contributed by atoms with Crippen molar-refractivity contribution in [3.63, 3.8) is 0 Å². The highest BCUT2D eigenvalue weighted by Gasteiger charge is 2.25. The first-order valence-electron chi connectivity index (χ1n) is 9.22. The molecule has 168 valence electrons. The van der Waals surface area contributed by atoms with Crippen molar-refractivity contribution in [2.24, 2.45) is 0 Å². The molecule has 0 bridgehead atoms. The van der Waals surface area contributed by atoms with Gasteiger partial charge in [0.1, 0.15) is 18.0 Å². The lowest BCUT2D eigenvalue weighted by molar-refractivity contribution is -0.384. The van der Waals surface area contributed by atoms with Crippen molar-refractivity contribution in [1.29, 1.82) is 0 Å². The van der Waals surface area contributed by atoms with Gasteiger partial charge in [-0.2, -0.15) is 0 Å². The molecule has 10 nitrogen and oxygen atoms in total. The maximum absolute atomic E-state index is 12.7. The Morgan fingerprint density at radius 1 is 1.19 bits per heavy atom. The number of benzene rings is 2. The van der Waals surface area contributed by atoms with Crippen LogP contribution in [0.3, 0.4) is 0 Å². The van der Waals surface area contributed by atoms with Crippen LogP contribution in [0.5, 0.6) is 11.5 Å². The van der Waals surface area contributed by atoms with Crippen LogP contribution in [0.4, 0.5) is 11.4 Å². The van der Waals surface area contributed by atoms with Gasteiger partial charge in [-0.05, 0) is 37.6 Å². The average molecular weight is 452 g/mol. The number of hydrogen-bond donors (Lipinski definition) is 1. The summed E-state index contributed by atoms with van der Waals surface area (Å²) in [5, 5.41) is 13.8. The molecule has 2 rings (SSSR count). The summed E-state index contributed by atoms with van der Waals surface area (Å²) < 4.78 is 36.1. The van der Waals surface area contributed by atoms with Gasteiger partial charge in [-0.15, -0.1) is 0 Å². The van der Waals surface area contributed by atoms with E-state index in [0.29, 0.717) is 22.6 Å². The minimum Gasteiger partial charge on any atom is -0.497 e. The van der Waals surface area contributed by atoms with E-state index in [2.05, 4.69) is 5.32 Å². The molecular formula is C20H25N3O7S. The summed E-state index contributed by atoms with van der Waals surface area (Å²) in [7, 11) is -0.886. The zero-order chi connectivity index (χ0) is 23.3. The second-order valence-corrected chi connectivity index (χ2v) is 8.80. The lowest BCUT2D eigenvalue weighted by Crippen LogP contribution is -2.41. The van der Waals surface area contributed by atoms with Gasteiger partial charge in [-0.3, -0.25) is 19.2 Å². The number of methoxy groups -OCH3 is 2. The summed E-state index contributed by atoms with van der Waals surface area (Å²) in [5.74, 6) is 0.513. The number of nitrogens with one attached hydrogen (secondary N) is 1. The topological polar surface area (TPSA) is 128 Å². The molecule has 0 aliphatic rings. The van der Waals surface area contributed by atoms with E-state index in [9.17, 15) is 23.3 Å². The molecule has 2 aromatic rings. The zero-order valence-electron chi connectivity index (χ0n) is 17.9. The lowest BCUT2D eigenvalue weighted by atomic mass is 10.1. The summed E-state index contributed by atoms with van der Waals surface area (Å²) in [6.07, 6.45) is 0.938. The average Bonchev–Trinajstić information content (AvgIpc) is 2.71. The molecule has 1 amide bonds. The van der Waals surface area contributed by atoms with Crippen LogP contribution < -0.4 is 19.1 Å². The van der Waals surface area contributed by atoms with E-state index in [1.165, 1.54) is 26.4 Å². The molecule has 0 radical (unpaired) electrons. The Labute approximate surface area is 181 Å². The number of amides is 1. The number of nitro groups is 1. The number of anilines is 1. The van der Waals surface area contributed by atoms with E-state index in [4.69, 9.17) is 9.47 Å². The standard InChI is InChI=1S/C20H25N3O7S/c1-13-6-7-15(23(25)26)10-18(13)22(31(5,27)28)12-20(24)21-14(2)17-11-16(29-3)8-9-19(17)30-4/h6-11,14H,12H2,1-5H3,(H,21,24)/t14-/m1/s1. The van der Waals surface area contributed by atoms with Crippen molar-refractivity contribution in [3.05, 3.63) is 57.6 Å². The summed E-state index contributed by atoms with van der Waals surface area (Å²) in [4.78, 5) is 23.2. The first kappa shape index (κ1) is 23.9. The Bertz CT molecular complexity index is 1090. The third kappa shape index (κ3) is 5.85. The molecule has 0 aromatic heterocycles. The van der Waals surface area contributed by atoms with Crippen LogP contribution in [0, 0.1) is 17.0 Å². The number of carbonyl (C=O) groups is 1. The Hall–Kier alpha value is -3.34. The molecule has 0 aliphatic carbocycles. The molecule has 1 atom stereocenters. The Kier molecular flexibility index (Phi) is 7.45. The van der Waals surface area contributed by atoms with E-state index in [0.717, 1.165) is 16.6 Å². The predicted octanol–water partition coefficient (Wildman–Crippen LogP) is 2.56. The van der Waals surface area contributed by atoms with Crippen LogP contribution in [0.25, 0.3) is 0 Å². The van der Waals surface area contributed by atoms with Crippen molar-refractivity contribution in [2.45, 2.75) is 19.9 Å². The van der Waals surface area contributed by atoms with Gasteiger partial charge < -0.3 is 14.8 Å². The summed E-state index contributed by atoms with van der Waals surface area (Å²) in [6.45, 7) is 2.79.